The quantitative estimate of drug-likeness (QED) is 0.202. The van der Waals surface area contributed by atoms with E-state index in [0.717, 1.165) is 46.1 Å². The SMILES string of the molecule is CCc1c(NC(=O)OCCCc2ccncc2)cn2ncnc(Nc3ccc4c(cnn4Cc4ccccc4)c3)c12. The lowest BCUT2D eigenvalue weighted by Gasteiger charge is -2.10. The summed E-state index contributed by atoms with van der Waals surface area (Å²) in [4.78, 5) is 21.1. The van der Waals surface area contributed by atoms with E-state index in [1.165, 1.54) is 11.9 Å². The number of rotatable bonds is 10. The Hall–Kier alpha value is -5.25. The second-order valence-corrected chi connectivity index (χ2v) is 9.68. The second kappa shape index (κ2) is 11.9. The van der Waals surface area contributed by atoms with Gasteiger partial charge in [-0.3, -0.25) is 15.0 Å². The zero-order valence-electron chi connectivity index (χ0n) is 22.7. The minimum absolute atomic E-state index is 0.319. The highest BCUT2D eigenvalue weighted by Crippen LogP contribution is 2.30. The van der Waals surface area contributed by atoms with Gasteiger partial charge in [-0.05, 0) is 60.7 Å². The highest BCUT2D eigenvalue weighted by Gasteiger charge is 2.17. The number of hydrogen-bond donors (Lipinski definition) is 2. The van der Waals surface area contributed by atoms with Crippen molar-refractivity contribution in [1.29, 1.82) is 0 Å². The Bertz CT molecular complexity index is 1780. The summed E-state index contributed by atoms with van der Waals surface area (Å²) in [5, 5.41) is 16.3. The standard InChI is InChI=1S/C31H30N8O2/c1-2-26-27(37-31(40)41-16-6-9-22-12-14-32-15-13-22)20-39-29(26)30(33-21-35-39)36-25-10-11-28-24(17-25)18-34-38(28)19-23-7-4-3-5-8-23/h3-5,7-8,10-15,17-18,20-21H,2,6,9,16,19H2,1H3,(H,37,40)(H,33,35,36). The lowest BCUT2D eigenvalue weighted by atomic mass is 10.1. The molecule has 41 heavy (non-hydrogen) atoms. The van der Waals surface area contributed by atoms with Crippen LogP contribution in [0.25, 0.3) is 16.4 Å². The Balaban J connectivity index is 1.16. The number of aromatic nitrogens is 6. The zero-order chi connectivity index (χ0) is 28.0. The third-order valence-corrected chi connectivity index (χ3v) is 6.94. The molecule has 0 fully saturated rings. The molecule has 2 N–H and O–H groups in total. The van der Waals surface area contributed by atoms with E-state index in [1.54, 1.807) is 23.1 Å². The smallest absolute Gasteiger partial charge is 0.411 e. The summed E-state index contributed by atoms with van der Waals surface area (Å²) in [5.74, 6) is 0.645. The van der Waals surface area contributed by atoms with Gasteiger partial charge in [0.05, 0.1) is 36.7 Å². The van der Waals surface area contributed by atoms with Gasteiger partial charge in [-0.15, -0.1) is 0 Å². The Kier molecular flexibility index (Phi) is 7.53. The fourth-order valence-electron chi connectivity index (χ4n) is 4.95. The molecule has 0 atom stereocenters. The molecule has 0 bridgehead atoms. The maximum atomic E-state index is 12.6. The maximum Gasteiger partial charge on any atom is 0.411 e. The largest absolute Gasteiger partial charge is 0.449 e. The molecule has 6 rings (SSSR count). The highest BCUT2D eigenvalue weighted by atomic mass is 16.5. The maximum absolute atomic E-state index is 12.6. The number of nitrogens with zero attached hydrogens (tertiary/aromatic N) is 6. The van der Waals surface area contributed by atoms with E-state index in [2.05, 4.69) is 55.1 Å². The molecule has 0 radical (unpaired) electrons. The van der Waals surface area contributed by atoms with Crippen LogP contribution in [0.1, 0.15) is 30.0 Å². The van der Waals surface area contributed by atoms with Gasteiger partial charge in [0.2, 0.25) is 0 Å². The van der Waals surface area contributed by atoms with Crippen LogP contribution in [0.3, 0.4) is 0 Å². The Labute approximate surface area is 237 Å². The van der Waals surface area contributed by atoms with Gasteiger partial charge in [0, 0.05) is 29.0 Å². The molecule has 0 saturated heterocycles. The molecule has 10 heteroatoms. The lowest BCUT2D eigenvalue weighted by molar-refractivity contribution is 0.160. The number of nitrogens with one attached hydrogen (secondary N) is 2. The summed E-state index contributed by atoms with van der Waals surface area (Å²) in [6, 6.07) is 20.3. The summed E-state index contributed by atoms with van der Waals surface area (Å²) in [6.07, 6.45) is 10.4. The average Bonchev–Trinajstić information content (AvgIpc) is 3.57. The fourth-order valence-corrected chi connectivity index (χ4v) is 4.95. The molecule has 4 aromatic heterocycles. The summed E-state index contributed by atoms with van der Waals surface area (Å²) < 4.78 is 9.16. The molecule has 0 saturated carbocycles. The van der Waals surface area contributed by atoms with Gasteiger partial charge in [-0.25, -0.2) is 14.3 Å². The monoisotopic (exact) mass is 546 g/mol. The Morgan fingerprint density at radius 1 is 1.00 bits per heavy atom. The number of aryl methyl sites for hydroxylation is 2. The van der Waals surface area contributed by atoms with Gasteiger partial charge >= 0.3 is 6.09 Å². The number of benzene rings is 2. The van der Waals surface area contributed by atoms with Crippen molar-refractivity contribution in [1.82, 2.24) is 29.4 Å². The van der Waals surface area contributed by atoms with Gasteiger partial charge in [-0.1, -0.05) is 37.3 Å². The van der Waals surface area contributed by atoms with E-state index in [1.807, 2.05) is 54.2 Å². The Morgan fingerprint density at radius 3 is 2.68 bits per heavy atom. The molecule has 0 aliphatic rings. The molecule has 0 aliphatic heterocycles. The molecular weight excluding hydrogens is 516 g/mol. The first-order valence-electron chi connectivity index (χ1n) is 13.6. The first-order valence-corrected chi connectivity index (χ1v) is 13.6. The zero-order valence-corrected chi connectivity index (χ0v) is 22.7. The average molecular weight is 547 g/mol. The van der Waals surface area contributed by atoms with Crippen LogP contribution < -0.4 is 10.6 Å². The number of anilines is 3. The van der Waals surface area contributed by atoms with Crippen LogP contribution in [-0.4, -0.2) is 42.1 Å². The summed E-state index contributed by atoms with van der Waals surface area (Å²) >= 11 is 0. The Morgan fingerprint density at radius 2 is 1.85 bits per heavy atom. The van der Waals surface area contributed by atoms with Crippen LogP contribution in [0.2, 0.25) is 0 Å². The van der Waals surface area contributed by atoms with Crippen molar-refractivity contribution in [2.75, 3.05) is 17.2 Å². The van der Waals surface area contributed by atoms with Gasteiger partial charge in [0.1, 0.15) is 11.8 Å². The van der Waals surface area contributed by atoms with Crippen molar-refractivity contribution >= 4 is 39.7 Å². The van der Waals surface area contributed by atoms with Crippen molar-refractivity contribution in [2.45, 2.75) is 32.7 Å². The molecule has 206 valence electrons. The number of amides is 1. The molecule has 0 aliphatic carbocycles. The predicted molar refractivity (Wildman–Crippen MR) is 158 cm³/mol. The van der Waals surface area contributed by atoms with Gasteiger partial charge in [-0.2, -0.15) is 10.2 Å². The lowest BCUT2D eigenvalue weighted by Crippen LogP contribution is -2.15. The first-order chi connectivity index (χ1) is 20.2. The number of hydrogen-bond acceptors (Lipinski definition) is 7. The van der Waals surface area contributed by atoms with Crippen molar-refractivity contribution in [3.05, 3.63) is 108 Å². The van der Waals surface area contributed by atoms with Crippen molar-refractivity contribution in [2.24, 2.45) is 0 Å². The minimum Gasteiger partial charge on any atom is -0.449 e. The third kappa shape index (κ3) is 5.86. The number of carbonyl (C=O) groups excluding carboxylic acids is 1. The van der Waals surface area contributed by atoms with Crippen LogP contribution in [0.5, 0.6) is 0 Å². The second-order valence-electron chi connectivity index (χ2n) is 9.68. The van der Waals surface area contributed by atoms with Crippen LogP contribution in [0.4, 0.5) is 22.0 Å². The van der Waals surface area contributed by atoms with E-state index in [0.29, 0.717) is 31.1 Å². The number of fused-ring (bicyclic) bond motifs is 2. The molecular formula is C31H30N8O2. The van der Waals surface area contributed by atoms with Crippen LogP contribution >= 0.6 is 0 Å². The van der Waals surface area contributed by atoms with Gasteiger partial charge in [0.15, 0.2) is 5.82 Å². The third-order valence-electron chi connectivity index (χ3n) is 6.94. The molecule has 4 heterocycles. The van der Waals surface area contributed by atoms with Crippen LogP contribution in [0, 0.1) is 0 Å². The van der Waals surface area contributed by atoms with Gasteiger partial charge < -0.3 is 10.1 Å². The summed E-state index contributed by atoms with van der Waals surface area (Å²) in [7, 11) is 0. The van der Waals surface area contributed by atoms with Crippen molar-refractivity contribution in [3.63, 3.8) is 0 Å². The van der Waals surface area contributed by atoms with E-state index in [-0.39, 0.29) is 0 Å². The van der Waals surface area contributed by atoms with Crippen molar-refractivity contribution < 1.29 is 9.53 Å². The van der Waals surface area contributed by atoms with Gasteiger partial charge in [0.25, 0.3) is 0 Å². The fraction of sp³-hybridized carbons (Fsp3) is 0.194. The normalized spacial score (nSPS) is 11.1. The molecule has 0 spiro atoms. The summed E-state index contributed by atoms with van der Waals surface area (Å²) in [6.45, 7) is 3.06. The van der Waals surface area contributed by atoms with E-state index in [4.69, 9.17) is 4.74 Å². The molecule has 10 nitrogen and oxygen atoms in total. The van der Waals surface area contributed by atoms with E-state index >= 15 is 0 Å². The van der Waals surface area contributed by atoms with Crippen LogP contribution in [0.15, 0.2) is 91.8 Å². The summed E-state index contributed by atoms with van der Waals surface area (Å²) in [5.41, 5.74) is 6.64. The topological polar surface area (TPSA) is 111 Å². The number of pyridine rings is 1. The molecule has 2 aromatic carbocycles. The molecule has 1 amide bonds. The van der Waals surface area contributed by atoms with Crippen molar-refractivity contribution in [3.8, 4) is 0 Å². The minimum atomic E-state index is -0.495. The molecule has 0 unspecified atom stereocenters. The first kappa shape index (κ1) is 26.0. The number of carbonyl (C=O) groups is 1. The number of ether oxygens (including phenoxy) is 1. The predicted octanol–water partition coefficient (Wildman–Crippen LogP) is 6.01. The highest BCUT2D eigenvalue weighted by molar-refractivity contribution is 5.91. The van der Waals surface area contributed by atoms with E-state index < -0.39 is 6.09 Å². The molecule has 6 aromatic rings. The van der Waals surface area contributed by atoms with E-state index in [9.17, 15) is 4.79 Å². The van der Waals surface area contributed by atoms with Crippen LogP contribution in [-0.2, 0) is 24.1 Å².